The van der Waals surface area contributed by atoms with E-state index < -0.39 is 0 Å². The third-order valence-electron chi connectivity index (χ3n) is 8.04. The Labute approximate surface area is 252 Å². The lowest BCUT2D eigenvalue weighted by atomic mass is 9.85. The van der Waals surface area contributed by atoms with Crippen molar-refractivity contribution in [3.05, 3.63) is 107 Å². The maximum absolute atomic E-state index is 13.9. The maximum atomic E-state index is 13.9. The molecule has 1 aliphatic heterocycles. The molecule has 2 aliphatic rings. The monoisotopic (exact) mass is 576 g/mol. The van der Waals surface area contributed by atoms with Crippen LogP contribution in [0, 0.1) is 5.92 Å². The highest BCUT2D eigenvalue weighted by atomic mass is 32.2. The number of ether oxygens (including phenoxy) is 2. The topological polar surface area (TPSA) is 51.1 Å². The van der Waals surface area contributed by atoms with Crippen LogP contribution in [0.1, 0.15) is 50.7 Å². The lowest BCUT2D eigenvalue weighted by Gasteiger charge is -2.35. The normalized spacial score (nSPS) is 20.9. The third-order valence-corrected chi connectivity index (χ3v) is 9.03. The summed E-state index contributed by atoms with van der Waals surface area (Å²) in [5.41, 5.74) is 2.87. The van der Waals surface area contributed by atoms with Gasteiger partial charge in [-0.15, -0.1) is 0 Å². The van der Waals surface area contributed by atoms with E-state index in [1.165, 1.54) is 29.0 Å². The van der Waals surface area contributed by atoms with Gasteiger partial charge in [0.25, 0.3) is 5.91 Å². The Morgan fingerprint density at radius 1 is 0.905 bits per heavy atom. The Morgan fingerprint density at radius 2 is 1.69 bits per heavy atom. The summed E-state index contributed by atoms with van der Waals surface area (Å²) in [6, 6.07) is 30.5. The number of benzene rings is 4. The predicted octanol–water partition coefficient (Wildman–Crippen LogP) is 9.00. The van der Waals surface area contributed by atoms with Gasteiger partial charge in [0, 0.05) is 6.04 Å². The largest absolute Gasteiger partial charge is 0.490 e. The molecule has 1 saturated heterocycles. The number of amidine groups is 1. The molecule has 42 heavy (non-hydrogen) atoms. The van der Waals surface area contributed by atoms with Gasteiger partial charge in [0.1, 0.15) is 6.61 Å². The molecular formula is C36H36N2O3S. The van der Waals surface area contributed by atoms with E-state index in [1.807, 2.05) is 78.6 Å². The molecule has 4 aromatic rings. The number of thioether (sulfide) groups is 1. The van der Waals surface area contributed by atoms with Crippen molar-refractivity contribution in [1.29, 1.82) is 0 Å². The lowest BCUT2D eigenvalue weighted by Crippen LogP contribution is -2.44. The molecule has 1 heterocycles. The molecule has 1 amide bonds. The molecular weight excluding hydrogens is 540 g/mol. The van der Waals surface area contributed by atoms with Crippen molar-refractivity contribution in [2.75, 3.05) is 6.61 Å². The zero-order valence-electron chi connectivity index (χ0n) is 24.2. The van der Waals surface area contributed by atoms with Crippen molar-refractivity contribution in [3.8, 4) is 11.5 Å². The summed E-state index contributed by atoms with van der Waals surface area (Å²) < 4.78 is 12.3. The first-order valence-corrected chi connectivity index (χ1v) is 15.7. The second kappa shape index (κ2) is 12.9. The van der Waals surface area contributed by atoms with Gasteiger partial charge in [-0.2, -0.15) is 0 Å². The van der Waals surface area contributed by atoms with Crippen LogP contribution in [-0.4, -0.2) is 28.6 Å². The average Bonchev–Trinajstić information content (AvgIpc) is 3.31. The van der Waals surface area contributed by atoms with Crippen LogP contribution in [0.15, 0.2) is 101 Å². The number of carbonyl (C=O) groups excluding carboxylic acids is 1. The zero-order chi connectivity index (χ0) is 28.9. The van der Waals surface area contributed by atoms with Crippen LogP contribution >= 0.6 is 11.8 Å². The molecule has 1 saturated carbocycles. The van der Waals surface area contributed by atoms with E-state index in [0.29, 0.717) is 35.5 Å². The van der Waals surface area contributed by atoms with E-state index in [-0.39, 0.29) is 11.9 Å². The summed E-state index contributed by atoms with van der Waals surface area (Å²) in [6.45, 7) is 5.17. The molecule has 0 aromatic heterocycles. The average molecular weight is 577 g/mol. The molecule has 5 nitrogen and oxygen atoms in total. The van der Waals surface area contributed by atoms with Crippen molar-refractivity contribution in [2.45, 2.75) is 52.2 Å². The second-order valence-corrected chi connectivity index (χ2v) is 11.9. The Morgan fingerprint density at radius 3 is 2.52 bits per heavy atom. The maximum Gasteiger partial charge on any atom is 0.267 e. The number of aliphatic imine (C=N–C) groups is 1. The van der Waals surface area contributed by atoms with Crippen molar-refractivity contribution in [2.24, 2.45) is 10.9 Å². The molecule has 2 fully saturated rings. The lowest BCUT2D eigenvalue weighted by molar-refractivity contribution is -0.124. The number of para-hydroxylation sites is 1. The van der Waals surface area contributed by atoms with Crippen molar-refractivity contribution < 1.29 is 14.3 Å². The number of nitrogens with zero attached hydrogens (tertiary/aromatic N) is 2. The summed E-state index contributed by atoms with van der Waals surface area (Å²) in [4.78, 5) is 21.5. The number of hydrogen-bond acceptors (Lipinski definition) is 5. The van der Waals surface area contributed by atoms with Gasteiger partial charge < -0.3 is 9.47 Å². The van der Waals surface area contributed by atoms with Gasteiger partial charge in [-0.25, -0.2) is 4.99 Å². The predicted molar refractivity (Wildman–Crippen MR) is 173 cm³/mol. The van der Waals surface area contributed by atoms with Gasteiger partial charge >= 0.3 is 0 Å². The van der Waals surface area contributed by atoms with Crippen LogP contribution in [0.3, 0.4) is 0 Å². The minimum atomic E-state index is 0.0303. The highest BCUT2D eigenvalue weighted by Crippen LogP contribution is 2.41. The molecule has 4 aromatic carbocycles. The van der Waals surface area contributed by atoms with Crippen LogP contribution < -0.4 is 9.47 Å². The van der Waals surface area contributed by atoms with E-state index in [9.17, 15) is 4.79 Å². The first-order valence-electron chi connectivity index (χ1n) is 14.8. The van der Waals surface area contributed by atoms with E-state index in [2.05, 4.69) is 37.3 Å². The summed E-state index contributed by atoms with van der Waals surface area (Å²) >= 11 is 1.46. The molecule has 6 rings (SSSR count). The first kappa shape index (κ1) is 28.1. The standard InChI is InChI=1S/C36H36N2O3S/c1-3-40-33-22-26(20-21-32(33)41-24-28-15-11-14-27-13-8-9-18-30(27)28)23-34-35(39)38(31-19-10-7-12-25(31)2)36(42-34)37-29-16-5-4-6-17-29/h4-6,8-9,11,13-18,20-23,25,31H,3,7,10,12,19,24H2,1-2H3/b34-23-,37-36?/t25-,31-/m1/s1. The van der Waals surface area contributed by atoms with E-state index in [4.69, 9.17) is 14.5 Å². The summed E-state index contributed by atoms with van der Waals surface area (Å²) in [6.07, 6.45) is 6.45. The fourth-order valence-electron chi connectivity index (χ4n) is 5.88. The summed E-state index contributed by atoms with van der Waals surface area (Å²) in [5.74, 6) is 1.81. The Hall–Kier alpha value is -4.03. The van der Waals surface area contributed by atoms with Gasteiger partial charge in [-0.1, -0.05) is 86.5 Å². The Balaban J connectivity index is 1.28. The third kappa shape index (κ3) is 6.09. The summed E-state index contributed by atoms with van der Waals surface area (Å²) in [7, 11) is 0. The first-order chi connectivity index (χ1) is 20.6. The number of rotatable bonds is 8. The molecule has 0 bridgehead atoms. The van der Waals surface area contributed by atoms with Crippen LogP contribution in [0.25, 0.3) is 16.8 Å². The van der Waals surface area contributed by atoms with Crippen molar-refractivity contribution >= 4 is 45.4 Å². The quantitative estimate of drug-likeness (QED) is 0.196. The van der Waals surface area contributed by atoms with Gasteiger partial charge in [0.2, 0.25) is 0 Å². The minimum Gasteiger partial charge on any atom is -0.490 e. The van der Waals surface area contributed by atoms with E-state index in [0.717, 1.165) is 41.2 Å². The molecule has 6 heteroatoms. The fraction of sp³-hybridized carbons (Fsp3) is 0.278. The van der Waals surface area contributed by atoms with Gasteiger partial charge in [0.05, 0.1) is 17.2 Å². The smallest absolute Gasteiger partial charge is 0.267 e. The Kier molecular flexibility index (Phi) is 8.61. The summed E-state index contributed by atoms with van der Waals surface area (Å²) in [5, 5.41) is 3.13. The fourth-order valence-corrected chi connectivity index (χ4v) is 6.92. The van der Waals surface area contributed by atoms with Crippen LogP contribution in [0.2, 0.25) is 0 Å². The SMILES string of the molecule is CCOc1cc(/C=C2\SC(=Nc3ccccc3)N([C@@H]3CCCC[C@H]3C)C2=O)ccc1OCc1cccc2ccccc12. The number of carbonyl (C=O) groups is 1. The molecule has 0 N–H and O–H groups in total. The molecule has 0 unspecified atom stereocenters. The highest BCUT2D eigenvalue weighted by molar-refractivity contribution is 8.18. The van der Waals surface area contributed by atoms with Gasteiger partial charge in [-0.05, 0) is 89.7 Å². The van der Waals surface area contributed by atoms with Crippen LogP contribution in [-0.2, 0) is 11.4 Å². The van der Waals surface area contributed by atoms with E-state index >= 15 is 0 Å². The number of hydrogen-bond donors (Lipinski definition) is 0. The van der Waals surface area contributed by atoms with Crippen molar-refractivity contribution in [1.82, 2.24) is 4.90 Å². The Bertz CT molecular complexity index is 1630. The molecule has 214 valence electrons. The minimum absolute atomic E-state index is 0.0303. The van der Waals surface area contributed by atoms with Crippen LogP contribution in [0.4, 0.5) is 5.69 Å². The van der Waals surface area contributed by atoms with E-state index in [1.54, 1.807) is 0 Å². The van der Waals surface area contributed by atoms with Gasteiger partial charge in [0.15, 0.2) is 16.7 Å². The number of amides is 1. The molecule has 1 aliphatic carbocycles. The van der Waals surface area contributed by atoms with Gasteiger partial charge in [-0.3, -0.25) is 9.69 Å². The number of fused-ring (bicyclic) bond motifs is 1. The second-order valence-electron chi connectivity index (χ2n) is 10.9. The zero-order valence-corrected chi connectivity index (χ0v) is 25.0. The van der Waals surface area contributed by atoms with Crippen LogP contribution in [0.5, 0.6) is 11.5 Å². The van der Waals surface area contributed by atoms with Crippen molar-refractivity contribution in [3.63, 3.8) is 0 Å². The molecule has 0 spiro atoms. The molecule has 0 radical (unpaired) electrons. The molecule has 2 atom stereocenters. The highest BCUT2D eigenvalue weighted by Gasteiger charge is 2.41.